The number of hydrogen-bond donors (Lipinski definition) is 1. The molecule has 0 aliphatic rings. The molecule has 0 amide bonds. The highest BCUT2D eigenvalue weighted by Gasteiger charge is 2.13. The van der Waals surface area contributed by atoms with Gasteiger partial charge in [-0.1, -0.05) is 24.3 Å². The van der Waals surface area contributed by atoms with E-state index in [0.29, 0.717) is 0 Å². The zero-order valence-corrected chi connectivity index (χ0v) is 17.8. The highest BCUT2D eigenvalue weighted by atomic mass is 32.1. The normalized spacial score (nSPS) is 10.9. The SMILES string of the molecule is COc1ccc(-c2csc3ncnc(Nc4ccc(Cc5ccncc5)cc4)c23)cc1. The van der Waals surface area contributed by atoms with Gasteiger partial charge < -0.3 is 10.1 Å². The molecule has 5 aromatic rings. The Kier molecular flexibility index (Phi) is 5.29. The molecule has 152 valence electrons. The molecule has 5 rings (SSSR count). The van der Waals surface area contributed by atoms with Crippen molar-refractivity contribution in [2.75, 3.05) is 12.4 Å². The predicted octanol–water partition coefficient (Wildman–Crippen LogP) is 6.10. The topological polar surface area (TPSA) is 59.9 Å². The molecular formula is C25H20N4OS. The highest BCUT2D eigenvalue weighted by molar-refractivity contribution is 7.17. The summed E-state index contributed by atoms with van der Waals surface area (Å²) in [6, 6.07) is 20.6. The van der Waals surface area contributed by atoms with Crippen molar-refractivity contribution < 1.29 is 4.74 Å². The summed E-state index contributed by atoms with van der Waals surface area (Å²) in [6.07, 6.45) is 6.14. The maximum absolute atomic E-state index is 5.29. The van der Waals surface area contributed by atoms with Crippen LogP contribution < -0.4 is 10.1 Å². The number of rotatable bonds is 6. The van der Waals surface area contributed by atoms with E-state index in [9.17, 15) is 0 Å². The van der Waals surface area contributed by atoms with Crippen molar-refractivity contribution >= 4 is 33.1 Å². The van der Waals surface area contributed by atoms with Crippen molar-refractivity contribution in [3.63, 3.8) is 0 Å². The summed E-state index contributed by atoms with van der Waals surface area (Å²) in [6.45, 7) is 0. The number of nitrogens with one attached hydrogen (secondary N) is 1. The molecule has 0 aliphatic carbocycles. The number of aromatic nitrogens is 3. The molecule has 0 bridgehead atoms. The van der Waals surface area contributed by atoms with Gasteiger partial charge in [0, 0.05) is 29.0 Å². The van der Waals surface area contributed by atoms with Crippen molar-refractivity contribution in [3.05, 3.63) is 95.9 Å². The molecule has 0 saturated heterocycles. The van der Waals surface area contributed by atoms with Gasteiger partial charge in [0.1, 0.15) is 22.7 Å². The fourth-order valence-corrected chi connectivity index (χ4v) is 4.45. The van der Waals surface area contributed by atoms with Crippen LogP contribution in [-0.2, 0) is 6.42 Å². The van der Waals surface area contributed by atoms with Crippen LogP contribution in [0.4, 0.5) is 11.5 Å². The van der Waals surface area contributed by atoms with Crippen molar-refractivity contribution in [2.24, 2.45) is 0 Å². The number of thiophene rings is 1. The number of ether oxygens (including phenoxy) is 1. The number of anilines is 2. The summed E-state index contributed by atoms with van der Waals surface area (Å²) in [5.41, 5.74) is 5.71. The molecule has 0 saturated carbocycles. The van der Waals surface area contributed by atoms with Crippen LogP contribution in [0.3, 0.4) is 0 Å². The first kappa shape index (κ1) is 19.2. The summed E-state index contributed by atoms with van der Waals surface area (Å²) < 4.78 is 5.29. The third-order valence-electron chi connectivity index (χ3n) is 5.15. The Morgan fingerprint density at radius 2 is 1.61 bits per heavy atom. The summed E-state index contributed by atoms with van der Waals surface area (Å²) in [5, 5.41) is 6.63. The smallest absolute Gasteiger partial charge is 0.143 e. The van der Waals surface area contributed by atoms with Crippen LogP contribution in [0.2, 0.25) is 0 Å². The van der Waals surface area contributed by atoms with Gasteiger partial charge in [-0.25, -0.2) is 9.97 Å². The van der Waals surface area contributed by atoms with Crippen LogP contribution in [-0.4, -0.2) is 22.1 Å². The Morgan fingerprint density at radius 3 is 2.35 bits per heavy atom. The van der Waals surface area contributed by atoms with Gasteiger partial charge >= 0.3 is 0 Å². The van der Waals surface area contributed by atoms with Crippen molar-refractivity contribution in [1.82, 2.24) is 15.0 Å². The maximum atomic E-state index is 5.29. The highest BCUT2D eigenvalue weighted by Crippen LogP contribution is 2.37. The largest absolute Gasteiger partial charge is 0.497 e. The number of methoxy groups -OCH3 is 1. The van der Waals surface area contributed by atoms with Gasteiger partial charge in [0.25, 0.3) is 0 Å². The Hall–Kier alpha value is -3.77. The fourth-order valence-electron chi connectivity index (χ4n) is 3.53. The first-order chi connectivity index (χ1) is 15.3. The number of pyridine rings is 1. The van der Waals surface area contributed by atoms with E-state index in [-0.39, 0.29) is 0 Å². The average molecular weight is 425 g/mol. The monoisotopic (exact) mass is 424 g/mol. The summed E-state index contributed by atoms with van der Waals surface area (Å²) in [4.78, 5) is 14.0. The molecule has 0 atom stereocenters. The van der Waals surface area contributed by atoms with E-state index in [1.165, 1.54) is 11.1 Å². The minimum Gasteiger partial charge on any atom is -0.497 e. The number of hydrogen-bond acceptors (Lipinski definition) is 6. The van der Waals surface area contributed by atoms with Gasteiger partial charge in [0.15, 0.2) is 0 Å². The van der Waals surface area contributed by atoms with Gasteiger partial charge in [-0.3, -0.25) is 4.98 Å². The van der Waals surface area contributed by atoms with E-state index in [1.807, 2.05) is 36.7 Å². The minimum atomic E-state index is 0.805. The molecule has 0 aliphatic heterocycles. The lowest BCUT2D eigenvalue weighted by Gasteiger charge is -2.10. The zero-order chi connectivity index (χ0) is 21.0. The number of nitrogens with zero attached hydrogens (tertiary/aromatic N) is 3. The average Bonchev–Trinajstić information content (AvgIpc) is 3.26. The van der Waals surface area contributed by atoms with Crippen molar-refractivity contribution in [2.45, 2.75) is 6.42 Å². The minimum absolute atomic E-state index is 0.805. The van der Waals surface area contributed by atoms with E-state index in [2.05, 4.69) is 62.0 Å². The summed E-state index contributed by atoms with van der Waals surface area (Å²) in [5.74, 6) is 1.64. The molecule has 1 N–H and O–H groups in total. The molecule has 6 heteroatoms. The maximum Gasteiger partial charge on any atom is 0.143 e. The molecule has 0 radical (unpaired) electrons. The van der Waals surface area contributed by atoms with Crippen LogP contribution in [0.1, 0.15) is 11.1 Å². The second-order valence-corrected chi connectivity index (χ2v) is 7.99. The lowest BCUT2D eigenvalue weighted by Crippen LogP contribution is -1.96. The third kappa shape index (κ3) is 4.11. The predicted molar refractivity (Wildman–Crippen MR) is 126 cm³/mol. The number of benzene rings is 2. The van der Waals surface area contributed by atoms with E-state index < -0.39 is 0 Å². The van der Waals surface area contributed by atoms with Crippen molar-refractivity contribution in [3.8, 4) is 16.9 Å². The van der Waals surface area contributed by atoms with Gasteiger partial charge in [0.2, 0.25) is 0 Å². The van der Waals surface area contributed by atoms with E-state index >= 15 is 0 Å². The fraction of sp³-hybridized carbons (Fsp3) is 0.0800. The molecule has 0 unspecified atom stereocenters. The number of fused-ring (bicyclic) bond motifs is 1. The van der Waals surface area contributed by atoms with Gasteiger partial charge in [-0.2, -0.15) is 0 Å². The molecular weight excluding hydrogens is 404 g/mol. The quantitative estimate of drug-likeness (QED) is 0.357. The second-order valence-electron chi connectivity index (χ2n) is 7.13. The molecule has 3 heterocycles. The Morgan fingerprint density at radius 1 is 0.871 bits per heavy atom. The Bertz CT molecular complexity index is 1300. The van der Waals surface area contributed by atoms with Gasteiger partial charge in [-0.05, 0) is 59.5 Å². The zero-order valence-electron chi connectivity index (χ0n) is 16.9. The van der Waals surface area contributed by atoms with Crippen molar-refractivity contribution in [1.29, 1.82) is 0 Å². The first-order valence-electron chi connectivity index (χ1n) is 9.91. The molecule has 31 heavy (non-hydrogen) atoms. The van der Waals surface area contributed by atoms with E-state index in [4.69, 9.17) is 4.74 Å². The second kappa shape index (κ2) is 8.53. The molecule has 5 nitrogen and oxygen atoms in total. The molecule has 0 fully saturated rings. The van der Waals surface area contributed by atoms with Crippen LogP contribution in [0, 0.1) is 0 Å². The van der Waals surface area contributed by atoms with Gasteiger partial charge in [0.05, 0.1) is 12.5 Å². The molecule has 0 spiro atoms. The molecule has 3 aromatic heterocycles. The van der Waals surface area contributed by atoms with Gasteiger partial charge in [-0.15, -0.1) is 11.3 Å². The Labute approximate surface area is 184 Å². The summed E-state index contributed by atoms with van der Waals surface area (Å²) in [7, 11) is 1.67. The first-order valence-corrected chi connectivity index (χ1v) is 10.8. The Balaban J connectivity index is 1.43. The van der Waals surface area contributed by atoms with Crippen LogP contribution in [0.25, 0.3) is 21.3 Å². The molecule has 2 aromatic carbocycles. The van der Waals surface area contributed by atoms with Crippen LogP contribution in [0.15, 0.2) is 84.8 Å². The van der Waals surface area contributed by atoms with Crippen LogP contribution in [0.5, 0.6) is 5.75 Å². The van der Waals surface area contributed by atoms with E-state index in [1.54, 1.807) is 24.8 Å². The summed E-state index contributed by atoms with van der Waals surface area (Å²) >= 11 is 1.62. The lowest BCUT2D eigenvalue weighted by molar-refractivity contribution is 0.415. The van der Waals surface area contributed by atoms with Crippen LogP contribution >= 0.6 is 11.3 Å². The third-order valence-corrected chi connectivity index (χ3v) is 6.03. The van der Waals surface area contributed by atoms with E-state index in [0.717, 1.165) is 45.0 Å². The lowest BCUT2D eigenvalue weighted by atomic mass is 10.1. The standard InChI is InChI=1S/C25H20N4OS/c1-30-21-8-4-19(5-9-21)22-15-31-25-23(22)24(27-16-28-25)29-20-6-2-17(3-7-20)14-18-10-12-26-13-11-18/h2-13,15-16H,14H2,1H3,(H,27,28,29).